The van der Waals surface area contributed by atoms with Crippen LogP contribution in [0.5, 0.6) is 0 Å². The molecule has 0 spiro atoms. The molecule has 7 heteroatoms. The van der Waals surface area contributed by atoms with Gasteiger partial charge >= 0.3 is 5.97 Å². The molecular formula is C7H11N3O4. The van der Waals surface area contributed by atoms with E-state index in [1.165, 1.54) is 0 Å². The molecule has 0 unspecified atom stereocenters. The molecule has 0 radical (unpaired) electrons. The van der Waals surface area contributed by atoms with Crippen LogP contribution in [0, 0.1) is 5.92 Å². The fraction of sp³-hybridized carbons (Fsp3) is 0.571. The van der Waals surface area contributed by atoms with Gasteiger partial charge in [0, 0.05) is 12.3 Å². The number of amides is 2. The monoisotopic (exact) mass is 201 g/mol. The van der Waals surface area contributed by atoms with Gasteiger partial charge in [0.25, 0.3) is 0 Å². The van der Waals surface area contributed by atoms with Gasteiger partial charge in [-0.1, -0.05) is 0 Å². The molecule has 0 aromatic rings. The number of carbonyl (C=O) groups excluding carboxylic acids is 2. The first-order valence-electron chi connectivity index (χ1n) is 4.07. The Morgan fingerprint density at radius 3 is 2.71 bits per heavy atom. The SMILES string of the molecule is NNC(=O)C[C@H]1C[C@@H](C(=O)O)NC1=O. The van der Waals surface area contributed by atoms with E-state index in [1.54, 1.807) is 0 Å². The lowest BCUT2D eigenvalue weighted by atomic mass is 10.0. The van der Waals surface area contributed by atoms with Crippen LogP contribution in [0.4, 0.5) is 0 Å². The van der Waals surface area contributed by atoms with Crippen LogP contribution < -0.4 is 16.6 Å². The Balaban J connectivity index is 2.53. The van der Waals surface area contributed by atoms with E-state index in [4.69, 9.17) is 10.9 Å². The number of aliphatic carboxylic acids is 1. The fourth-order valence-electron chi connectivity index (χ4n) is 1.36. The second kappa shape index (κ2) is 4.05. The maximum Gasteiger partial charge on any atom is 0.326 e. The van der Waals surface area contributed by atoms with Crippen LogP contribution in [0.1, 0.15) is 12.8 Å². The molecule has 2 atom stereocenters. The molecule has 2 amide bonds. The van der Waals surface area contributed by atoms with Crippen LogP contribution in [-0.4, -0.2) is 28.9 Å². The lowest BCUT2D eigenvalue weighted by molar-refractivity contribution is -0.140. The van der Waals surface area contributed by atoms with Gasteiger partial charge in [-0.3, -0.25) is 15.0 Å². The summed E-state index contributed by atoms with van der Waals surface area (Å²) >= 11 is 0. The van der Waals surface area contributed by atoms with E-state index in [0.29, 0.717) is 0 Å². The zero-order chi connectivity index (χ0) is 10.7. The molecule has 14 heavy (non-hydrogen) atoms. The Morgan fingerprint density at radius 2 is 2.29 bits per heavy atom. The van der Waals surface area contributed by atoms with E-state index in [-0.39, 0.29) is 12.8 Å². The van der Waals surface area contributed by atoms with Crippen LogP contribution in [0.3, 0.4) is 0 Å². The second-order valence-electron chi connectivity index (χ2n) is 3.10. The highest BCUT2D eigenvalue weighted by Gasteiger charge is 2.36. The molecule has 1 fully saturated rings. The van der Waals surface area contributed by atoms with Gasteiger partial charge in [0.05, 0.1) is 0 Å². The van der Waals surface area contributed by atoms with E-state index in [0.717, 1.165) is 0 Å². The summed E-state index contributed by atoms with van der Waals surface area (Å²) in [5.74, 6) is 2.26. The predicted molar refractivity (Wildman–Crippen MR) is 44.6 cm³/mol. The summed E-state index contributed by atoms with van der Waals surface area (Å²) in [6.07, 6.45) is 0.0493. The van der Waals surface area contributed by atoms with Crippen molar-refractivity contribution >= 4 is 17.8 Å². The minimum atomic E-state index is -1.09. The van der Waals surface area contributed by atoms with Gasteiger partial charge in [-0.25, -0.2) is 10.6 Å². The number of nitrogens with two attached hydrogens (primary N) is 1. The number of rotatable bonds is 3. The lowest BCUT2D eigenvalue weighted by Crippen LogP contribution is -2.34. The summed E-state index contributed by atoms with van der Waals surface area (Å²) in [4.78, 5) is 32.5. The highest BCUT2D eigenvalue weighted by atomic mass is 16.4. The van der Waals surface area contributed by atoms with E-state index >= 15 is 0 Å². The number of carboxylic acid groups (broad SMARTS) is 1. The third-order valence-electron chi connectivity index (χ3n) is 2.10. The van der Waals surface area contributed by atoms with Crippen LogP contribution in [0.2, 0.25) is 0 Å². The number of hydrazine groups is 1. The molecule has 5 N–H and O–H groups in total. The first-order valence-corrected chi connectivity index (χ1v) is 4.07. The van der Waals surface area contributed by atoms with Gasteiger partial charge in [-0.2, -0.15) is 0 Å². The molecule has 1 aliphatic heterocycles. The summed E-state index contributed by atoms with van der Waals surface area (Å²) in [7, 11) is 0. The van der Waals surface area contributed by atoms with Crippen molar-refractivity contribution in [2.45, 2.75) is 18.9 Å². The Hall–Kier alpha value is -1.63. The molecule has 1 heterocycles. The van der Waals surface area contributed by atoms with Crippen LogP contribution in [0.15, 0.2) is 0 Å². The molecule has 0 aromatic heterocycles. The third kappa shape index (κ3) is 2.19. The van der Waals surface area contributed by atoms with Gasteiger partial charge in [0.2, 0.25) is 11.8 Å². The van der Waals surface area contributed by atoms with Crippen molar-refractivity contribution in [3.8, 4) is 0 Å². The van der Waals surface area contributed by atoms with Crippen LogP contribution in [-0.2, 0) is 14.4 Å². The summed E-state index contributed by atoms with van der Waals surface area (Å²) in [5, 5.41) is 10.9. The fourth-order valence-corrected chi connectivity index (χ4v) is 1.36. The first-order chi connectivity index (χ1) is 6.54. The molecule has 1 rings (SSSR count). The number of hydrogen-bond acceptors (Lipinski definition) is 4. The molecule has 0 bridgehead atoms. The van der Waals surface area contributed by atoms with Crippen molar-refractivity contribution < 1.29 is 19.5 Å². The molecule has 0 aromatic carbocycles. The van der Waals surface area contributed by atoms with Gasteiger partial charge in [-0.15, -0.1) is 0 Å². The van der Waals surface area contributed by atoms with E-state index < -0.39 is 29.7 Å². The number of carbonyl (C=O) groups is 3. The Kier molecular flexibility index (Phi) is 3.03. The van der Waals surface area contributed by atoms with Crippen molar-refractivity contribution in [1.29, 1.82) is 0 Å². The van der Waals surface area contributed by atoms with Gasteiger partial charge in [0.1, 0.15) is 6.04 Å². The Morgan fingerprint density at radius 1 is 1.64 bits per heavy atom. The smallest absolute Gasteiger partial charge is 0.326 e. The van der Waals surface area contributed by atoms with Gasteiger partial charge in [-0.05, 0) is 6.42 Å². The quantitative estimate of drug-likeness (QED) is 0.238. The Bertz CT molecular complexity index is 278. The third-order valence-corrected chi connectivity index (χ3v) is 2.10. The molecule has 1 aliphatic rings. The van der Waals surface area contributed by atoms with Crippen molar-refractivity contribution in [1.82, 2.24) is 10.7 Å². The minimum absolute atomic E-state index is 0.0773. The zero-order valence-electron chi connectivity index (χ0n) is 7.32. The average molecular weight is 201 g/mol. The van der Waals surface area contributed by atoms with E-state index in [2.05, 4.69) is 5.32 Å². The van der Waals surface area contributed by atoms with Crippen molar-refractivity contribution in [3.05, 3.63) is 0 Å². The minimum Gasteiger partial charge on any atom is -0.480 e. The normalized spacial score (nSPS) is 25.6. The molecule has 0 aliphatic carbocycles. The molecule has 78 valence electrons. The summed E-state index contributed by atoms with van der Waals surface area (Å²) in [6.45, 7) is 0. The number of carboxylic acids is 1. The zero-order valence-corrected chi connectivity index (χ0v) is 7.32. The molecule has 7 nitrogen and oxygen atoms in total. The molecule has 0 saturated carbocycles. The summed E-state index contributed by atoms with van der Waals surface area (Å²) < 4.78 is 0. The highest BCUT2D eigenvalue weighted by Crippen LogP contribution is 2.18. The van der Waals surface area contributed by atoms with Crippen molar-refractivity contribution in [2.24, 2.45) is 11.8 Å². The predicted octanol–water partition coefficient (Wildman–Crippen LogP) is -2.04. The van der Waals surface area contributed by atoms with Crippen molar-refractivity contribution in [2.75, 3.05) is 0 Å². The van der Waals surface area contributed by atoms with Gasteiger partial charge < -0.3 is 10.4 Å². The van der Waals surface area contributed by atoms with E-state index in [1.807, 2.05) is 5.43 Å². The number of nitrogens with one attached hydrogen (secondary N) is 2. The maximum absolute atomic E-state index is 11.1. The topological polar surface area (TPSA) is 122 Å². The standard InChI is InChI=1S/C7H11N3O4/c8-10-5(11)2-3-1-4(7(13)14)9-6(3)12/h3-4H,1-2,8H2,(H,9,12)(H,10,11)(H,13,14)/t3-,4+/m1/s1. The lowest BCUT2D eigenvalue weighted by Gasteiger charge is -2.03. The number of hydrogen-bond donors (Lipinski definition) is 4. The maximum atomic E-state index is 11.1. The summed E-state index contributed by atoms with van der Waals surface area (Å²) in [5.41, 5.74) is 1.89. The highest BCUT2D eigenvalue weighted by molar-refractivity contribution is 5.91. The van der Waals surface area contributed by atoms with Crippen LogP contribution in [0.25, 0.3) is 0 Å². The summed E-state index contributed by atoms with van der Waals surface area (Å²) in [6, 6.07) is -0.891. The largest absolute Gasteiger partial charge is 0.480 e. The molecule has 1 saturated heterocycles. The van der Waals surface area contributed by atoms with Gasteiger partial charge in [0.15, 0.2) is 0 Å². The average Bonchev–Trinajstić information content (AvgIpc) is 2.48. The first kappa shape index (κ1) is 10.5. The van der Waals surface area contributed by atoms with E-state index in [9.17, 15) is 14.4 Å². The molecular weight excluding hydrogens is 190 g/mol. The van der Waals surface area contributed by atoms with Crippen molar-refractivity contribution in [3.63, 3.8) is 0 Å². The van der Waals surface area contributed by atoms with Crippen LogP contribution >= 0.6 is 0 Å². The second-order valence-corrected chi connectivity index (χ2v) is 3.10. The Labute approximate surface area is 79.6 Å².